The number of halogens is 3. The lowest BCUT2D eigenvalue weighted by atomic mass is 9.78. The number of nitrogens with zero attached hydrogens (tertiary/aromatic N) is 3. The summed E-state index contributed by atoms with van der Waals surface area (Å²) in [5.74, 6) is -2.55. The highest BCUT2D eigenvalue weighted by Crippen LogP contribution is 2.40. The summed E-state index contributed by atoms with van der Waals surface area (Å²) < 4.78 is 31.7. The van der Waals surface area contributed by atoms with Crippen LogP contribution in [0.1, 0.15) is 37.7 Å². The quantitative estimate of drug-likeness (QED) is 0.749. The van der Waals surface area contributed by atoms with Gasteiger partial charge in [-0.3, -0.25) is 9.78 Å². The Balaban J connectivity index is 0.000000339. The molecule has 8 nitrogen and oxygen atoms in total. The Morgan fingerprint density at radius 3 is 2.42 bits per heavy atom. The topological polar surface area (TPSA) is 103 Å². The molecule has 0 radical (unpaired) electrons. The third-order valence-corrected chi connectivity index (χ3v) is 5.74. The number of rotatable bonds is 3. The zero-order chi connectivity index (χ0) is 22.6. The molecule has 1 unspecified atom stereocenters. The number of aliphatic carboxylic acids is 1. The molecule has 170 valence electrons. The molecule has 1 spiro atoms. The maximum atomic E-state index is 13.0. The van der Waals surface area contributed by atoms with Crippen molar-refractivity contribution < 1.29 is 32.7 Å². The molecule has 1 saturated carbocycles. The maximum Gasteiger partial charge on any atom is 0.490 e. The van der Waals surface area contributed by atoms with Crippen molar-refractivity contribution in [2.75, 3.05) is 19.6 Å². The molecule has 4 rings (SSSR count). The van der Waals surface area contributed by atoms with Crippen molar-refractivity contribution in [2.45, 2.75) is 50.9 Å². The van der Waals surface area contributed by atoms with E-state index in [0.717, 1.165) is 50.8 Å². The van der Waals surface area contributed by atoms with Crippen LogP contribution in [0.25, 0.3) is 0 Å². The highest BCUT2D eigenvalue weighted by Gasteiger charge is 2.49. The van der Waals surface area contributed by atoms with E-state index in [4.69, 9.17) is 9.90 Å². The average Bonchev–Trinajstić information content (AvgIpc) is 3.50. The molecule has 1 aromatic rings. The number of aromatic nitrogens is 1. The van der Waals surface area contributed by atoms with Gasteiger partial charge >= 0.3 is 18.2 Å². The van der Waals surface area contributed by atoms with Gasteiger partial charge in [0, 0.05) is 44.6 Å². The molecule has 3 fully saturated rings. The number of hydrogen-bond acceptors (Lipinski definition) is 4. The summed E-state index contributed by atoms with van der Waals surface area (Å²) in [6.45, 7) is 2.74. The summed E-state index contributed by atoms with van der Waals surface area (Å²) >= 11 is 0. The van der Waals surface area contributed by atoms with E-state index in [1.807, 2.05) is 21.9 Å². The zero-order valence-corrected chi connectivity index (χ0v) is 16.9. The highest BCUT2D eigenvalue weighted by molar-refractivity contribution is 5.86. The van der Waals surface area contributed by atoms with Crippen LogP contribution in [0.15, 0.2) is 24.5 Å². The molecule has 2 N–H and O–H groups in total. The van der Waals surface area contributed by atoms with E-state index in [9.17, 15) is 22.8 Å². The summed E-state index contributed by atoms with van der Waals surface area (Å²) in [6, 6.07) is 4.28. The summed E-state index contributed by atoms with van der Waals surface area (Å²) in [7, 11) is 0. The fourth-order valence-corrected chi connectivity index (χ4v) is 3.93. The van der Waals surface area contributed by atoms with Gasteiger partial charge in [-0.2, -0.15) is 13.2 Å². The van der Waals surface area contributed by atoms with Gasteiger partial charge in [-0.05, 0) is 49.8 Å². The number of carbonyl (C=O) groups is 3. The number of carbonyl (C=O) groups excluding carboxylic acids is 2. The summed E-state index contributed by atoms with van der Waals surface area (Å²) in [5.41, 5.74) is 0.737. The van der Waals surface area contributed by atoms with Gasteiger partial charge in [0.1, 0.15) is 0 Å². The molecule has 11 heteroatoms. The van der Waals surface area contributed by atoms with Crippen molar-refractivity contribution in [3.05, 3.63) is 30.1 Å². The molecule has 0 aromatic carbocycles. The summed E-state index contributed by atoms with van der Waals surface area (Å²) in [4.78, 5) is 42.1. The van der Waals surface area contributed by atoms with Gasteiger partial charge in [0.2, 0.25) is 5.91 Å². The standard InChI is InChI=1S/C18H24N4O2.C2HF3O2/c23-16-18(7-11-21(16)12-14-4-8-19-9-5-14)6-1-10-22(13-18)17(24)20-15-2-3-15;3-2(4,5)1(6)7/h4-5,8-9,15H,1-3,6-7,10-13H2,(H,20,24);(H,6,7). The van der Waals surface area contributed by atoms with Crippen molar-refractivity contribution >= 4 is 17.9 Å². The first kappa shape index (κ1) is 22.8. The molecule has 1 atom stereocenters. The van der Waals surface area contributed by atoms with Crippen molar-refractivity contribution in [3.8, 4) is 0 Å². The molecule has 2 saturated heterocycles. The van der Waals surface area contributed by atoms with Crippen LogP contribution in [0.4, 0.5) is 18.0 Å². The van der Waals surface area contributed by atoms with Gasteiger partial charge in [0.05, 0.1) is 5.41 Å². The Morgan fingerprint density at radius 1 is 1.19 bits per heavy atom. The van der Waals surface area contributed by atoms with Gasteiger partial charge in [0.15, 0.2) is 0 Å². The van der Waals surface area contributed by atoms with E-state index >= 15 is 0 Å². The molecule has 3 heterocycles. The predicted molar refractivity (Wildman–Crippen MR) is 103 cm³/mol. The van der Waals surface area contributed by atoms with Gasteiger partial charge in [-0.15, -0.1) is 0 Å². The van der Waals surface area contributed by atoms with Crippen LogP contribution < -0.4 is 5.32 Å². The smallest absolute Gasteiger partial charge is 0.475 e. The van der Waals surface area contributed by atoms with Crippen LogP contribution in [-0.2, 0) is 16.1 Å². The van der Waals surface area contributed by atoms with Crippen LogP contribution in [0.2, 0.25) is 0 Å². The minimum atomic E-state index is -5.08. The van der Waals surface area contributed by atoms with Crippen molar-refractivity contribution in [2.24, 2.45) is 5.41 Å². The number of carboxylic acids is 1. The second kappa shape index (κ2) is 9.11. The molecule has 1 aliphatic carbocycles. The van der Waals surface area contributed by atoms with Crippen molar-refractivity contribution in [3.63, 3.8) is 0 Å². The number of hydrogen-bond donors (Lipinski definition) is 2. The SMILES string of the molecule is O=C(NC1CC1)N1CCCC2(CCN(Cc3ccncc3)C2=O)C1.O=C(O)C(F)(F)F. The van der Waals surface area contributed by atoms with Gasteiger partial charge in [0.25, 0.3) is 0 Å². The van der Waals surface area contributed by atoms with Crippen LogP contribution >= 0.6 is 0 Å². The Bertz CT molecular complexity index is 816. The van der Waals surface area contributed by atoms with E-state index in [-0.39, 0.29) is 17.4 Å². The normalized spacial score (nSPS) is 23.4. The largest absolute Gasteiger partial charge is 0.490 e. The highest BCUT2D eigenvalue weighted by atomic mass is 19.4. The predicted octanol–water partition coefficient (Wildman–Crippen LogP) is 2.40. The number of pyridine rings is 1. The third-order valence-electron chi connectivity index (χ3n) is 5.74. The third kappa shape index (κ3) is 5.86. The number of nitrogens with one attached hydrogen (secondary N) is 1. The number of amides is 3. The molecule has 31 heavy (non-hydrogen) atoms. The minimum absolute atomic E-state index is 0.0111. The van der Waals surface area contributed by atoms with Crippen LogP contribution in [-0.4, -0.2) is 69.7 Å². The lowest BCUT2D eigenvalue weighted by molar-refractivity contribution is -0.192. The molecule has 3 amide bonds. The lowest BCUT2D eigenvalue weighted by Crippen LogP contribution is -2.52. The minimum Gasteiger partial charge on any atom is -0.475 e. The number of urea groups is 1. The van der Waals surface area contributed by atoms with E-state index in [0.29, 0.717) is 19.1 Å². The molecule has 0 bridgehead atoms. The Kier molecular flexibility index (Phi) is 6.71. The van der Waals surface area contributed by atoms with Crippen molar-refractivity contribution in [1.29, 1.82) is 0 Å². The van der Waals surface area contributed by atoms with Crippen LogP contribution in [0.3, 0.4) is 0 Å². The zero-order valence-electron chi connectivity index (χ0n) is 16.9. The first-order valence-corrected chi connectivity index (χ1v) is 10.1. The molecular formula is C20H25F3N4O4. The molecule has 2 aliphatic heterocycles. The van der Waals surface area contributed by atoms with Gasteiger partial charge in [-0.25, -0.2) is 9.59 Å². The Morgan fingerprint density at radius 2 is 1.84 bits per heavy atom. The number of carboxylic acid groups (broad SMARTS) is 1. The first-order valence-electron chi connectivity index (χ1n) is 10.1. The molecular weight excluding hydrogens is 417 g/mol. The van der Waals surface area contributed by atoms with E-state index < -0.39 is 12.1 Å². The van der Waals surface area contributed by atoms with Crippen molar-refractivity contribution in [1.82, 2.24) is 20.1 Å². The van der Waals surface area contributed by atoms with E-state index in [2.05, 4.69) is 10.3 Å². The second-order valence-electron chi connectivity index (χ2n) is 8.16. The molecule has 1 aromatic heterocycles. The summed E-state index contributed by atoms with van der Waals surface area (Å²) in [6.07, 6.45) is 3.27. The maximum absolute atomic E-state index is 13.0. The lowest BCUT2D eigenvalue weighted by Gasteiger charge is -2.39. The first-order chi connectivity index (χ1) is 14.6. The number of alkyl halides is 3. The van der Waals surface area contributed by atoms with E-state index in [1.54, 1.807) is 12.4 Å². The number of piperidine rings is 1. The van der Waals surface area contributed by atoms with E-state index in [1.165, 1.54) is 0 Å². The van der Waals surface area contributed by atoms with Gasteiger partial charge < -0.3 is 20.2 Å². The fourth-order valence-electron chi connectivity index (χ4n) is 3.93. The summed E-state index contributed by atoms with van der Waals surface area (Å²) in [5, 5.41) is 10.2. The Labute approximate surface area is 177 Å². The fraction of sp³-hybridized carbons (Fsp3) is 0.600. The Hall–Kier alpha value is -2.85. The molecule has 3 aliphatic rings. The van der Waals surface area contributed by atoms with Gasteiger partial charge in [-0.1, -0.05) is 0 Å². The second-order valence-corrected chi connectivity index (χ2v) is 8.16. The monoisotopic (exact) mass is 442 g/mol. The average molecular weight is 442 g/mol. The number of likely N-dealkylation sites (tertiary alicyclic amines) is 2. The van der Waals surface area contributed by atoms with Crippen LogP contribution in [0.5, 0.6) is 0 Å². The van der Waals surface area contributed by atoms with Crippen LogP contribution in [0, 0.1) is 5.41 Å².